The average molecular weight is 340 g/mol. The van der Waals surface area contributed by atoms with Gasteiger partial charge in [-0.2, -0.15) is 0 Å². The molecular weight excluding hydrogens is 326 g/mol. The van der Waals surface area contributed by atoms with Crippen LogP contribution < -0.4 is 10.5 Å². The average Bonchev–Trinajstić information content (AvgIpc) is 2.38. The highest BCUT2D eigenvalue weighted by Gasteiger charge is 2.11. The van der Waals surface area contributed by atoms with E-state index >= 15 is 0 Å². The third-order valence-corrected chi connectivity index (χ3v) is 4.54. The van der Waals surface area contributed by atoms with E-state index in [1.54, 1.807) is 25.3 Å². The largest absolute Gasteiger partial charge is 0.495 e. The summed E-state index contributed by atoms with van der Waals surface area (Å²) in [5, 5.41) is 0. The van der Waals surface area contributed by atoms with E-state index in [0.717, 1.165) is 10.0 Å². The van der Waals surface area contributed by atoms with Gasteiger partial charge >= 0.3 is 0 Å². The Labute approximate surface area is 123 Å². The molecule has 1 atom stereocenters. The molecule has 0 amide bonds. The van der Waals surface area contributed by atoms with E-state index in [2.05, 4.69) is 15.9 Å². The van der Waals surface area contributed by atoms with Crippen LogP contribution in [-0.2, 0) is 16.6 Å². The molecule has 0 aliphatic rings. The molecule has 0 radical (unpaired) electrons. The van der Waals surface area contributed by atoms with Gasteiger partial charge in [0, 0.05) is 16.2 Å². The lowest BCUT2D eigenvalue weighted by atomic mass is 10.2. The van der Waals surface area contributed by atoms with E-state index in [4.69, 9.17) is 10.5 Å². The van der Waals surface area contributed by atoms with Crippen molar-refractivity contribution in [2.24, 2.45) is 0 Å². The van der Waals surface area contributed by atoms with Gasteiger partial charge in [-0.05, 0) is 29.8 Å². The first-order valence-electron chi connectivity index (χ1n) is 5.66. The summed E-state index contributed by atoms with van der Waals surface area (Å²) in [6, 6.07) is 13.0. The minimum atomic E-state index is -1.16. The summed E-state index contributed by atoms with van der Waals surface area (Å²) >= 11 is 3.41. The Kier molecular flexibility index (Phi) is 4.61. The zero-order valence-corrected chi connectivity index (χ0v) is 12.8. The molecule has 100 valence electrons. The van der Waals surface area contributed by atoms with Crippen molar-refractivity contribution in [3.63, 3.8) is 0 Å². The Balaban J connectivity index is 2.25. The summed E-state index contributed by atoms with van der Waals surface area (Å²) in [4.78, 5) is 0.664. The van der Waals surface area contributed by atoms with Gasteiger partial charge in [0.15, 0.2) is 0 Å². The number of methoxy groups -OCH3 is 1. The molecular formula is C14H14BrNO2S. The monoisotopic (exact) mass is 339 g/mol. The lowest BCUT2D eigenvalue weighted by Crippen LogP contribution is -2.00. The van der Waals surface area contributed by atoms with Gasteiger partial charge in [-0.25, -0.2) is 0 Å². The van der Waals surface area contributed by atoms with Crippen LogP contribution in [0.4, 0.5) is 5.69 Å². The molecule has 0 aliphatic carbocycles. The van der Waals surface area contributed by atoms with Crippen LogP contribution in [0, 0.1) is 0 Å². The number of nitrogen functional groups attached to an aromatic ring is 1. The van der Waals surface area contributed by atoms with Crippen molar-refractivity contribution in [2.75, 3.05) is 12.8 Å². The molecule has 1 unspecified atom stereocenters. The SMILES string of the molecule is COc1cc(N)ccc1S(=O)Cc1cccc(Br)c1. The zero-order chi connectivity index (χ0) is 13.8. The fourth-order valence-electron chi connectivity index (χ4n) is 1.73. The highest BCUT2D eigenvalue weighted by molar-refractivity contribution is 9.10. The summed E-state index contributed by atoms with van der Waals surface area (Å²) in [6.07, 6.45) is 0. The van der Waals surface area contributed by atoms with Crippen LogP contribution in [-0.4, -0.2) is 11.3 Å². The second kappa shape index (κ2) is 6.21. The highest BCUT2D eigenvalue weighted by Crippen LogP contribution is 2.26. The van der Waals surface area contributed by atoms with Crippen LogP contribution in [0.15, 0.2) is 51.8 Å². The molecule has 2 aromatic carbocycles. The van der Waals surface area contributed by atoms with Gasteiger partial charge in [0.05, 0.1) is 28.6 Å². The quantitative estimate of drug-likeness (QED) is 0.869. The molecule has 19 heavy (non-hydrogen) atoms. The van der Waals surface area contributed by atoms with Crippen LogP contribution in [0.2, 0.25) is 0 Å². The Hall–Kier alpha value is -1.33. The number of halogens is 1. The van der Waals surface area contributed by atoms with Crippen molar-refractivity contribution in [1.82, 2.24) is 0 Å². The second-order valence-electron chi connectivity index (χ2n) is 4.03. The first-order chi connectivity index (χ1) is 9.10. The molecule has 0 saturated carbocycles. The van der Waals surface area contributed by atoms with E-state index in [9.17, 15) is 4.21 Å². The van der Waals surface area contributed by atoms with Gasteiger partial charge in [0.25, 0.3) is 0 Å². The van der Waals surface area contributed by atoms with E-state index in [-0.39, 0.29) is 0 Å². The van der Waals surface area contributed by atoms with Crippen LogP contribution >= 0.6 is 15.9 Å². The maximum absolute atomic E-state index is 12.4. The zero-order valence-electron chi connectivity index (χ0n) is 10.4. The van der Waals surface area contributed by atoms with Gasteiger partial charge in [0.1, 0.15) is 5.75 Å². The Bertz CT molecular complexity index is 616. The van der Waals surface area contributed by atoms with Gasteiger partial charge in [0.2, 0.25) is 0 Å². The molecule has 3 nitrogen and oxygen atoms in total. The number of rotatable bonds is 4. The van der Waals surface area contributed by atoms with E-state index in [1.807, 2.05) is 24.3 Å². The highest BCUT2D eigenvalue weighted by atomic mass is 79.9. The topological polar surface area (TPSA) is 52.3 Å². The van der Waals surface area contributed by atoms with Crippen molar-refractivity contribution in [1.29, 1.82) is 0 Å². The number of nitrogens with two attached hydrogens (primary N) is 1. The number of hydrogen-bond donors (Lipinski definition) is 1. The summed E-state index contributed by atoms with van der Waals surface area (Å²) in [7, 11) is 0.386. The molecule has 0 heterocycles. The van der Waals surface area contributed by atoms with Crippen LogP contribution in [0.3, 0.4) is 0 Å². The molecule has 5 heteroatoms. The predicted octanol–water partition coefficient (Wildman–Crippen LogP) is 3.35. The first kappa shape index (κ1) is 14.1. The molecule has 0 fully saturated rings. The van der Waals surface area contributed by atoms with E-state index < -0.39 is 10.8 Å². The predicted molar refractivity (Wildman–Crippen MR) is 81.7 cm³/mol. The molecule has 0 aliphatic heterocycles. The minimum absolute atomic E-state index is 0.444. The first-order valence-corrected chi connectivity index (χ1v) is 7.77. The third kappa shape index (κ3) is 3.58. The van der Waals surface area contributed by atoms with Crippen LogP contribution in [0.1, 0.15) is 5.56 Å². The van der Waals surface area contributed by atoms with Crippen LogP contribution in [0.5, 0.6) is 5.75 Å². The van der Waals surface area contributed by atoms with Gasteiger partial charge in [-0.3, -0.25) is 4.21 Å². The van der Waals surface area contributed by atoms with Crippen molar-refractivity contribution < 1.29 is 8.95 Å². The second-order valence-corrected chi connectivity index (χ2v) is 6.37. The molecule has 2 aromatic rings. The van der Waals surface area contributed by atoms with E-state index in [0.29, 0.717) is 22.1 Å². The van der Waals surface area contributed by atoms with Crippen molar-refractivity contribution in [3.05, 3.63) is 52.5 Å². The molecule has 2 N–H and O–H groups in total. The van der Waals surface area contributed by atoms with E-state index in [1.165, 1.54) is 0 Å². The normalized spacial score (nSPS) is 12.1. The lowest BCUT2D eigenvalue weighted by Gasteiger charge is -2.09. The maximum Gasteiger partial charge on any atom is 0.137 e. The van der Waals surface area contributed by atoms with Crippen molar-refractivity contribution >= 4 is 32.4 Å². The van der Waals surface area contributed by atoms with Crippen LogP contribution in [0.25, 0.3) is 0 Å². The smallest absolute Gasteiger partial charge is 0.137 e. The Morgan fingerprint density at radius 2 is 2.05 bits per heavy atom. The summed E-state index contributed by atoms with van der Waals surface area (Å²) < 4.78 is 18.6. The number of anilines is 1. The third-order valence-electron chi connectivity index (χ3n) is 2.62. The molecule has 0 spiro atoms. The summed E-state index contributed by atoms with van der Waals surface area (Å²) in [6.45, 7) is 0. The number of hydrogen-bond acceptors (Lipinski definition) is 3. The lowest BCUT2D eigenvalue weighted by molar-refractivity contribution is 0.404. The molecule has 0 bridgehead atoms. The minimum Gasteiger partial charge on any atom is -0.495 e. The van der Waals surface area contributed by atoms with Crippen molar-refractivity contribution in [2.45, 2.75) is 10.6 Å². The molecule has 0 saturated heterocycles. The maximum atomic E-state index is 12.4. The standard InChI is InChI=1S/C14H14BrNO2S/c1-18-13-8-12(16)5-6-14(13)19(17)9-10-3-2-4-11(15)7-10/h2-8H,9,16H2,1H3. The Morgan fingerprint density at radius 3 is 2.74 bits per heavy atom. The molecule has 2 rings (SSSR count). The number of benzene rings is 2. The van der Waals surface area contributed by atoms with Crippen molar-refractivity contribution in [3.8, 4) is 5.75 Å². The van der Waals surface area contributed by atoms with Gasteiger partial charge in [-0.1, -0.05) is 28.1 Å². The summed E-state index contributed by atoms with van der Waals surface area (Å²) in [5.74, 6) is 1.01. The Morgan fingerprint density at radius 1 is 1.26 bits per heavy atom. The summed E-state index contributed by atoms with van der Waals surface area (Å²) in [5.41, 5.74) is 7.29. The fraction of sp³-hybridized carbons (Fsp3) is 0.143. The molecule has 0 aromatic heterocycles. The number of ether oxygens (including phenoxy) is 1. The van der Waals surface area contributed by atoms with Gasteiger partial charge in [-0.15, -0.1) is 0 Å². The fourth-order valence-corrected chi connectivity index (χ4v) is 3.40. The van der Waals surface area contributed by atoms with Gasteiger partial charge < -0.3 is 10.5 Å².